The summed E-state index contributed by atoms with van der Waals surface area (Å²) in [5, 5.41) is 2.84. The molecule has 1 aromatic carbocycles. The van der Waals surface area contributed by atoms with Crippen LogP contribution in [-0.2, 0) is 0 Å². The van der Waals surface area contributed by atoms with E-state index in [0.717, 1.165) is 21.6 Å². The number of carbonyl (C=O) groups excluding carboxylic acids is 1. The average molecular weight is 304 g/mol. The minimum Gasteiger partial charge on any atom is -0.322 e. The highest BCUT2D eigenvalue weighted by Crippen LogP contribution is 2.26. The third-order valence-electron chi connectivity index (χ3n) is 2.78. The monoisotopic (exact) mass is 303 g/mol. The third kappa shape index (κ3) is 2.64. The van der Waals surface area contributed by atoms with Gasteiger partial charge in [0.1, 0.15) is 0 Å². The number of benzene rings is 1. The second-order valence-corrected chi connectivity index (χ2v) is 5.90. The van der Waals surface area contributed by atoms with E-state index < -0.39 is 0 Å². The molecule has 0 unspecified atom stereocenters. The molecule has 100 valence electrons. The summed E-state index contributed by atoms with van der Waals surface area (Å²) in [5.74, 6) is -0.165. The lowest BCUT2D eigenvalue weighted by molar-refractivity contribution is 0.102. The van der Waals surface area contributed by atoms with E-state index in [4.69, 9.17) is 11.6 Å². The molecule has 0 aliphatic carbocycles. The lowest BCUT2D eigenvalue weighted by Crippen LogP contribution is -2.11. The third-order valence-corrected chi connectivity index (χ3v) is 3.90. The van der Waals surface area contributed by atoms with Gasteiger partial charge in [-0.2, -0.15) is 0 Å². The number of hydrogen-bond donors (Lipinski definition) is 1. The number of rotatable bonds is 2. The highest BCUT2D eigenvalue weighted by molar-refractivity contribution is 7.22. The Hall–Kier alpha value is -1.98. The van der Waals surface area contributed by atoms with Crippen LogP contribution in [-0.4, -0.2) is 15.9 Å². The first-order valence-electron chi connectivity index (χ1n) is 5.92. The molecule has 3 rings (SSSR count). The van der Waals surface area contributed by atoms with Crippen LogP contribution in [0.4, 0.5) is 5.69 Å². The van der Waals surface area contributed by atoms with Crippen molar-refractivity contribution in [1.29, 1.82) is 0 Å². The maximum Gasteiger partial charge on any atom is 0.255 e. The second kappa shape index (κ2) is 5.19. The van der Waals surface area contributed by atoms with E-state index in [9.17, 15) is 4.79 Å². The summed E-state index contributed by atoms with van der Waals surface area (Å²) in [5.41, 5.74) is 2.96. The van der Waals surface area contributed by atoms with E-state index in [1.165, 1.54) is 11.3 Å². The number of anilines is 1. The van der Waals surface area contributed by atoms with Crippen molar-refractivity contribution in [2.24, 2.45) is 0 Å². The molecule has 0 saturated heterocycles. The first-order valence-corrected chi connectivity index (χ1v) is 7.11. The van der Waals surface area contributed by atoms with Gasteiger partial charge in [0.15, 0.2) is 4.47 Å². The molecular formula is C14H10ClN3OS. The Morgan fingerprint density at radius 3 is 2.95 bits per heavy atom. The number of nitrogens with zero attached hydrogens (tertiary/aromatic N) is 2. The maximum absolute atomic E-state index is 12.2. The molecule has 0 bridgehead atoms. The summed E-state index contributed by atoms with van der Waals surface area (Å²) in [6.07, 6.45) is 1.66. The number of aromatic nitrogens is 2. The number of nitrogens with one attached hydrogen (secondary N) is 1. The minimum atomic E-state index is -0.165. The fraction of sp³-hybridized carbons (Fsp3) is 0.0714. The molecule has 0 atom stereocenters. The minimum absolute atomic E-state index is 0.165. The quantitative estimate of drug-likeness (QED) is 0.781. The van der Waals surface area contributed by atoms with Gasteiger partial charge in [-0.15, -0.1) is 11.3 Å². The van der Waals surface area contributed by atoms with E-state index in [0.29, 0.717) is 10.0 Å². The summed E-state index contributed by atoms with van der Waals surface area (Å²) in [6, 6.07) is 8.90. The van der Waals surface area contributed by atoms with Crippen LogP contribution in [0.5, 0.6) is 0 Å². The van der Waals surface area contributed by atoms with E-state index in [2.05, 4.69) is 15.3 Å². The van der Waals surface area contributed by atoms with Crippen LogP contribution in [0.2, 0.25) is 4.47 Å². The Kier molecular flexibility index (Phi) is 3.38. The normalized spacial score (nSPS) is 10.7. The topological polar surface area (TPSA) is 54.9 Å². The molecular weight excluding hydrogens is 294 g/mol. The van der Waals surface area contributed by atoms with Crippen LogP contribution in [0, 0.1) is 6.92 Å². The molecule has 1 amide bonds. The van der Waals surface area contributed by atoms with E-state index in [1.54, 1.807) is 30.5 Å². The van der Waals surface area contributed by atoms with Gasteiger partial charge >= 0.3 is 0 Å². The van der Waals surface area contributed by atoms with Crippen molar-refractivity contribution in [3.8, 4) is 0 Å². The van der Waals surface area contributed by atoms with Crippen molar-refractivity contribution in [2.45, 2.75) is 6.92 Å². The van der Waals surface area contributed by atoms with Crippen LogP contribution < -0.4 is 5.32 Å². The van der Waals surface area contributed by atoms with Crippen molar-refractivity contribution in [2.75, 3.05) is 5.32 Å². The van der Waals surface area contributed by atoms with Crippen molar-refractivity contribution in [3.63, 3.8) is 0 Å². The van der Waals surface area contributed by atoms with Crippen molar-refractivity contribution in [3.05, 3.63) is 52.3 Å². The molecule has 0 radical (unpaired) electrons. The van der Waals surface area contributed by atoms with Gasteiger partial charge in [0, 0.05) is 23.1 Å². The Bertz CT molecular complexity index is 800. The largest absolute Gasteiger partial charge is 0.322 e. The van der Waals surface area contributed by atoms with Crippen molar-refractivity contribution < 1.29 is 4.79 Å². The first kappa shape index (κ1) is 13.0. The Balaban J connectivity index is 1.88. The lowest BCUT2D eigenvalue weighted by Gasteiger charge is -2.05. The van der Waals surface area contributed by atoms with E-state index in [-0.39, 0.29) is 5.91 Å². The average Bonchev–Trinajstić information content (AvgIpc) is 2.77. The van der Waals surface area contributed by atoms with Gasteiger partial charge in [-0.3, -0.25) is 9.78 Å². The maximum atomic E-state index is 12.2. The van der Waals surface area contributed by atoms with Crippen molar-refractivity contribution >= 4 is 44.7 Å². The second-order valence-electron chi connectivity index (χ2n) is 4.29. The summed E-state index contributed by atoms with van der Waals surface area (Å²) >= 11 is 7.22. The van der Waals surface area contributed by atoms with Crippen LogP contribution in [0.3, 0.4) is 0 Å². The molecule has 6 heteroatoms. The smallest absolute Gasteiger partial charge is 0.255 e. The molecule has 4 nitrogen and oxygen atoms in total. The standard InChI is InChI=1S/C14H10ClN3OS/c1-8-6-10(4-5-16-8)17-13(19)9-2-3-11-12(7-9)20-14(15)18-11/h2-7H,1H3,(H,16,17,19). The van der Waals surface area contributed by atoms with Crippen molar-refractivity contribution in [1.82, 2.24) is 9.97 Å². The Morgan fingerprint density at radius 2 is 2.15 bits per heavy atom. The zero-order valence-corrected chi connectivity index (χ0v) is 12.1. The molecule has 0 fully saturated rings. The van der Waals surface area contributed by atoms with E-state index >= 15 is 0 Å². The summed E-state index contributed by atoms with van der Waals surface area (Å²) in [7, 11) is 0. The fourth-order valence-electron chi connectivity index (χ4n) is 1.86. The molecule has 0 aliphatic rings. The fourth-order valence-corrected chi connectivity index (χ4v) is 2.93. The van der Waals surface area contributed by atoms with Gasteiger partial charge in [0.25, 0.3) is 5.91 Å². The Morgan fingerprint density at radius 1 is 1.30 bits per heavy atom. The van der Waals surface area contributed by atoms with Gasteiger partial charge in [0.2, 0.25) is 0 Å². The number of fused-ring (bicyclic) bond motifs is 1. The predicted octanol–water partition coefficient (Wildman–Crippen LogP) is 3.91. The summed E-state index contributed by atoms with van der Waals surface area (Å²) < 4.78 is 1.37. The molecule has 0 saturated carbocycles. The van der Waals surface area contributed by atoms with E-state index in [1.807, 2.05) is 13.0 Å². The highest BCUT2D eigenvalue weighted by Gasteiger charge is 2.09. The van der Waals surface area contributed by atoms with Crippen LogP contribution in [0.15, 0.2) is 36.5 Å². The number of carbonyl (C=O) groups is 1. The van der Waals surface area contributed by atoms with Gasteiger partial charge < -0.3 is 5.32 Å². The number of halogens is 1. The zero-order valence-electron chi connectivity index (χ0n) is 10.6. The van der Waals surface area contributed by atoms with Gasteiger partial charge in [-0.1, -0.05) is 11.6 Å². The number of hydrogen-bond acceptors (Lipinski definition) is 4. The van der Waals surface area contributed by atoms with Crippen LogP contribution in [0.1, 0.15) is 16.1 Å². The number of aryl methyl sites for hydroxylation is 1. The molecule has 2 aromatic heterocycles. The predicted molar refractivity (Wildman–Crippen MR) is 81.6 cm³/mol. The highest BCUT2D eigenvalue weighted by atomic mass is 35.5. The first-order chi connectivity index (χ1) is 9.61. The molecule has 1 N–H and O–H groups in total. The van der Waals surface area contributed by atoms with Gasteiger partial charge in [-0.25, -0.2) is 4.98 Å². The number of amides is 1. The SMILES string of the molecule is Cc1cc(NC(=O)c2ccc3nc(Cl)sc3c2)ccn1. The molecule has 3 aromatic rings. The van der Waals surface area contributed by atoms with Crippen LogP contribution in [0.25, 0.3) is 10.2 Å². The summed E-state index contributed by atoms with van der Waals surface area (Å²) in [6.45, 7) is 1.88. The summed E-state index contributed by atoms with van der Waals surface area (Å²) in [4.78, 5) is 20.4. The number of pyridine rings is 1. The molecule has 20 heavy (non-hydrogen) atoms. The van der Waals surface area contributed by atoms with Gasteiger partial charge in [0.05, 0.1) is 10.2 Å². The van der Waals surface area contributed by atoms with Gasteiger partial charge in [-0.05, 0) is 37.3 Å². The zero-order chi connectivity index (χ0) is 14.1. The molecule has 2 heterocycles. The Labute approximate surface area is 124 Å². The lowest BCUT2D eigenvalue weighted by atomic mass is 10.2. The number of thiazole rings is 1. The molecule has 0 spiro atoms. The molecule has 0 aliphatic heterocycles. The van der Waals surface area contributed by atoms with Crippen LogP contribution >= 0.6 is 22.9 Å².